The number of ether oxygens (including phenoxy) is 4. The Morgan fingerprint density at radius 2 is 1.90 bits per heavy atom. The first-order valence-corrected chi connectivity index (χ1v) is 12.7. The van der Waals surface area contributed by atoms with Gasteiger partial charge in [-0.25, -0.2) is 15.0 Å². The van der Waals surface area contributed by atoms with Crippen molar-refractivity contribution in [1.29, 1.82) is 5.41 Å². The minimum atomic E-state index is -0.0242. The summed E-state index contributed by atoms with van der Waals surface area (Å²) in [5.74, 6) is 1.72. The minimum Gasteiger partial charge on any atom is -0.497 e. The van der Waals surface area contributed by atoms with Gasteiger partial charge in [-0.05, 0) is 45.6 Å². The Morgan fingerprint density at radius 3 is 2.49 bits per heavy atom. The highest BCUT2D eigenvalue weighted by Crippen LogP contribution is 2.19. The molecule has 1 unspecified atom stereocenters. The molecule has 0 aliphatic carbocycles. The molecule has 1 aromatic heterocycles. The first-order chi connectivity index (χ1) is 19.0. The normalized spacial score (nSPS) is 13.1. The molecule has 1 aromatic rings. The second-order valence-electron chi connectivity index (χ2n) is 7.41. The topological polar surface area (TPSA) is 128 Å². The van der Waals surface area contributed by atoms with Gasteiger partial charge in [0.2, 0.25) is 5.88 Å². The van der Waals surface area contributed by atoms with Crippen LogP contribution < -0.4 is 15.5 Å². The number of rotatable bonds is 16. The number of nitrogens with two attached hydrogens (primary N) is 1. The van der Waals surface area contributed by atoms with Gasteiger partial charge in [0, 0.05) is 32.4 Å². The molecule has 0 radical (unpaired) electrons. The van der Waals surface area contributed by atoms with E-state index in [-0.39, 0.29) is 6.10 Å². The molecule has 0 bridgehead atoms. The molecule has 0 saturated carbocycles. The SMILES string of the molecule is C=N.CC.C\C=C/C=C\C(OC)=C(/C)COc1cc(N(CCC(/C=C\COC)=C/C(C)OC)/N=C/N)ncn1. The molecule has 0 aliphatic rings. The highest BCUT2D eigenvalue weighted by molar-refractivity contribution is 5.55. The molecule has 1 rings (SSSR count). The molecular weight excluding hydrogens is 496 g/mol. The predicted molar refractivity (Wildman–Crippen MR) is 163 cm³/mol. The van der Waals surface area contributed by atoms with Crippen molar-refractivity contribution in [3.05, 3.63) is 71.8 Å². The van der Waals surface area contributed by atoms with Crippen LogP contribution in [0.4, 0.5) is 5.82 Å². The fourth-order valence-corrected chi connectivity index (χ4v) is 2.88. The molecule has 3 N–H and O–H groups in total. The number of aromatic nitrogens is 2. The molecule has 0 saturated heterocycles. The molecule has 1 heterocycles. The molecule has 0 aliphatic heterocycles. The number of allylic oxidation sites excluding steroid dienone is 5. The van der Waals surface area contributed by atoms with Gasteiger partial charge in [0.15, 0.2) is 5.82 Å². The summed E-state index contributed by atoms with van der Waals surface area (Å²) in [6.07, 6.45) is 17.0. The number of hydrazone groups is 1. The lowest BCUT2D eigenvalue weighted by Crippen LogP contribution is -2.21. The maximum atomic E-state index is 5.88. The second kappa shape index (κ2) is 25.9. The Morgan fingerprint density at radius 1 is 1.18 bits per heavy atom. The summed E-state index contributed by atoms with van der Waals surface area (Å²) in [7, 11) is 4.97. The zero-order valence-electron chi connectivity index (χ0n) is 24.9. The number of anilines is 1. The van der Waals surface area contributed by atoms with E-state index in [2.05, 4.69) is 27.9 Å². The Kier molecular flexibility index (Phi) is 24.8. The third-order valence-corrected chi connectivity index (χ3v) is 4.75. The highest BCUT2D eigenvalue weighted by Gasteiger charge is 2.11. The second-order valence-corrected chi connectivity index (χ2v) is 7.41. The molecule has 10 heteroatoms. The van der Waals surface area contributed by atoms with Crippen molar-refractivity contribution in [1.82, 2.24) is 9.97 Å². The maximum absolute atomic E-state index is 5.88. The predicted octanol–water partition coefficient (Wildman–Crippen LogP) is 5.46. The highest BCUT2D eigenvalue weighted by atomic mass is 16.5. The van der Waals surface area contributed by atoms with E-state index in [1.807, 2.05) is 71.1 Å². The van der Waals surface area contributed by atoms with Gasteiger partial charge in [0.1, 0.15) is 25.0 Å². The van der Waals surface area contributed by atoms with Crippen LogP contribution in [-0.4, -0.2) is 70.2 Å². The van der Waals surface area contributed by atoms with E-state index >= 15 is 0 Å². The molecule has 0 amide bonds. The molecule has 0 fully saturated rings. The van der Waals surface area contributed by atoms with Gasteiger partial charge in [-0.2, -0.15) is 5.10 Å². The first kappa shape index (κ1) is 37.4. The van der Waals surface area contributed by atoms with Crippen LogP contribution in [0.1, 0.15) is 41.0 Å². The van der Waals surface area contributed by atoms with Crippen LogP contribution in [0.2, 0.25) is 0 Å². The quantitative estimate of drug-likeness (QED) is 0.0923. The van der Waals surface area contributed by atoms with Crippen molar-refractivity contribution in [2.45, 2.75) is 47.1 Å². The van der Waals surface area contributed by atoms with Gasteiger partial charge in [0.25, 0.3) is 0 Å². The lowest BCUT2D eigenvalue weighted by Gasteiger charge is -2.19. The summed E-state index contributed by atoms with van der Waals surface area (Å²) >= 11 is 0. The number of nitrogens with zero attached hydrogens (tertiary/aromatic N) is 4. The van der Waals surface area contributed by atoms with Crippen LogP contribution >= 0.6 is 0 Å². The fraction of sp³-hybridized carbons (Fsp3) is 0.448. The average molecular weight is 545 g/mol. The summed E-state index contributed by atoms with van der Waals surface area (Å²) < 4.78 is 21.8. The van der Waals surface area contributed by atoms with E-state index in [0.717, 1.165) is 16.9 Å². The van der Waals surface area contributed by atoms with Gasteiger partial charge < -0.3 is 30.1 Å². The number of hydrogen-bond donors (Lipinski definition) is 2. The molecule has 0 aromatic carbocycles. The van der Waals surface area contributed by atoms with Gasteiger partial charge >= 0.3 is 0 Å². The van der Waals surface area contributed by atoms with Gasteiger partial charge in [-0.1, -0.05) is 50.3 Å². The van der Waals surface area contributed by atoms with Gasteiger partial charge in [0.05, 0.1) is 19.8 Å². The standard InChI is InChI=1S/C26H39N5O4.C2H6.CH3N/c1-7-8-9-12-24(34-6)21(2)18-35-26-17-25(28-20-29-26)31(30-19-27)14-13-23(11-10-15-32-4)16-22(3)33-5;2*1-2/h7-12,16-17,19-20,22H,13-15,18H2,1-6H3,(H2,27,30);1-2H3;2H,1H2/b8-7-,11-10-,12-9-,23-16+,24-21-;;. The molecule has 218 valence electrons. The molecule has 10 nitrogen and oxygen atoms in total. The fourth-order valence-electron chi connectivity index (χ4n) is 2.88. The molecule has 39 heavy (non-hydrogen) atoms. The Hall–Kier alpha value is -3.76. The van der Waals surface area contributed by atoms with Crippen LogP contribution in [-0.2, 0) is 14.2 Å². The molecule has 0 spiro atoms. The van der Waals surface area contributed by atoms with Crippen molar-refractivity contribution in [3.8, 4) is 5.88 Å². The smallest absolute Gasteiger partial charge is 0.218 e. The number of nitrogens with one attached hydrogen (secondary N) is 1. The van der Waals surface area contributed by atoms with Gasteiger partial charge in [-0.3, -0.25) is 0 Å². The zero-order chi connectivity index (χ0) is 29.9. The van der Waals surface area contributed by atoms with Crippen molar-refractivity contribution in [3.63, 3.8) is 0 Å². The van der Waals surface area contributed by atoms with Crippen molar-refractivity contribution < 1.29 is 18.9 Å². The number of hydrogen-bond acceptors (Lipinski definition) is 9. The monoisotopic (exact) mass is 544 g/mol. The van der Waals surface area contributed by atoms with Crippen molar-refractivity contribution in [2.24, 2.45) is 10.8 Å². The van der Waals surface area contributed by atoms with Crippen LogP contribution in [0.25, 0.3) is 0 Å². The van der Waals surface area contributed by atoms with Crippen molar-refractivity contribution >= 4 is 18.9 Å². The van der Waals surface area contributed by atoms with E-state index in [1.54, 1.807) is 32.4 Å². The van der Waals surface area contributed by atoms with E-state index in [1.165, 1.54) is 12.7 Å². The zero-order valence-corrected chi connectivity index (χ0v) is 24.9. The van der Waals surface area contributed by atoms with E-state index in [0.29, 0.717) is 37.9 Å². The Bertz CT molecular complexity index is 941. The lowest BCUT2D eigenvalue weighted by atomic mass is 10.1. The lowest BCUT2D eigenvalue weighted by molar-refractivity contribution is 0.155. The third-order valence-electron chi connectivity index (χ3n) is 4.75. The van der Waals surface area contributed by atoms with Crippen LogP contribution in [0.3, 0.4) is 0 Å². The van der Waals surface area contributed by atoms with E-state index in [4.69, 9.17) is 30.1 Å². The molecular formula is C29H48N6O4. The average Bonchev–Trinajstić information content (AvgIpc) is 2.98. The van der Waals surface area contributed by atoms with Crippen LogP contribution in [0, 0.1) is 5.41 Å². The Labute approximate surface area is 235 Å². The summed E-state index contributed by atoms with van der Waals surface area (Å²) in [6, 6.07) is 1.73. The van der Waals surface area contributed by atoms with Crippen molar-refractivity contribution in [2.75, 3.05) is 46.1 Å². The van der Waals surface area contributed by atoms with Gasteiger partial charge in [-0.15, -0.1) is 0 Å². The van der Waals surface area contributed by atoms with Crippen LogP contribution in [0.15, 0.2) is 76.9 Å². The van der Waals surface area contributed by atoms with Crippen LogP contribution in [0.5, 0.6) is 5.88 Å². The Balaban J connectivity index is 0. The summed E-state index contributed by atoms with van der Waals surface area (Å²) in [5, 5.41) is 11.5. The largest absolute Gasteiger partial charge is 0.497 e. The third kappa shape index (κ3) is 17.4. The summed E-state index contributed by atoms with van der Waals surface area (Å²) in [4.78, 5) is 8.57. The number of methoxy groups -OCH3 is 3. The van der Waals surface area contributed by atoms with E-state index < -0.39 is 0 Å². The summed E-state index contributed by atoms with van der Waals surface area (Å²) in [6.45, 7) is 13.8. The summed E-state index contributed by atoms with van der Waals surface area (Å²) in [5.41, 5.74) is 7.61. The van der Waals surface area contributed by atoms with E-state index in [9.17, 15) is 0 Å². The maximum Gasteiger partial charge on any atom is 0.218 e. The molecule has 1 atom stereocenters. The first-order valence-electron chi connectivity index (χ1n) is 12.7. The minimum absolute atomic E-state index is 0.0242.